The first-order chi connectivity index (χ1) is 24.3. The van der Waals surface area contributed by atoms with Crippen molar-refractivity contribution in [3.05, 3.63) is 144 Å². The minimum Gasteiger partial charge on any atom is -0.250 e. The topological polar surface area (TPSA) is 51.6 Å². The minimum atomic E-state index is -0.197. The summed E-state index contributed by atoms with van der Waals surface area (Å²) in [6, 6.07) is 43.5. The summed E-state index contributed by atoms with van der Waals surface area (Å²) < 4.78 is 0. The fraction of sp³-hybridized carbons (Fsp3) is 0.234. The van der Waals surface area contributed by atoms with Gasteiger partial charge in [-0.2, -0.15) is 0 Å². The summed E-state index contributed by atoms with van der Waals surface area (Å²) in [5.74, 6) is 0. The van der Waals surface area contributed by atoms with Crippen molar-refractivity contribution in [2.24, 2.45) is 0 Å². The molecule has 4 heteroatoms. The van der Waals surface area contributed by atoms with Crippen molar-refractivity contribution in [1.29, 1.82) is 0 Å². The molecule has 4 aromatic carbocycles. The molecule has 0 aliphatic heterocycles. The first-order valence-electron chi connectivity index (χ1n) is 17.9. The molecule has 0 amide bonds. The van der Waals surface area contributed by atoms with Crippen LogP contribution < -0.4 is 0 Å². The number of hydrogen-bond donors (Lipinski definition) is 0. The third-order valence-corrected chi connectivity index (χ3v) is 10.4. The van der Waals surface area contributed by atoms with E-state index in [1.165, 1.54) is 11.1 Å². The Morgan fingerprint density at radius 3 is 0.941 bits per heavy atom. The van der Waals surface area contributed by atoms with Crippen LogP contribution in [0.2, 0.25) is 0 Å². The van der Waals surface area contributed by atoms with Gasteiger partial charge < -0.3 is 0 Å². The maximum absolute atomic E-state index is 5.16. The van der Waals surface area contributed by atoms with Crippen LogP contribution in [0.15, 0.2) is 121 Å². The van der Waals surface area contributed by atoms with Gasteiger partial charge in [0.05, 0.1) is 33.5 Å². The average Bonchev–Trinajstić information content (AvgIpc) is 3.13. The zero-order valence-corrected chi connectivity index (χ0v) is 30.8. The van der Waals surface area contributed by atoms with Crippen molar-refractivity contribution in [3.8, 4) is 22.5 Å². The smallest absolute Gasteiger partial charge is 0.0972 e. The summed E-state index contributed by atoms with van der Waals surface area (Å²) in [7, 11) is 0. The SMILES string of the molecule is CC(C)(C)c1ccc2ccc3ccc(-c4ccc(C(C)(C)c5ccc(-c6ccc7ccc8ccc(C(C)(C)C)nc8c7n6)cc5)cc4)nc3c2n1. The fourth-order valence-electron chi connectivity index (χ4n) is 6.97. The zero-order valence-electron chi connectivity index (χ0n) is 30.8. The molecule has 0 unspecified atom stereocenters. The van der Waals surface area contributed by atoms with E-state index in [1.54, 1.807) is 0 Å². The number of fused-ring (bicyclic) bond motifs is 6. The van der Waals surface area contributed by atoms with Gasteiger partial charge in [-0.3, -0.25) is 0 Å². The van der Waals surface area contributed by atoms with Crippen LogP contribution in [-0.4, -0.2) is 19.9 Å². The average molecular weight is 665 g/mol. The Morgan fingerprint density at radius 1 is 0.314 bits per heavy atom. The van der Waals surface area contributed by atoms with E-state index in [9.17, 15) is 0 Å². The Morgan fingerprint density at radius 2 is 0.608 bits per heavy atom. The molecule has 0 bridgehead atoms. The molecule has 8 rings (SSSR count). The van der Waals surface area contributed by atoms with E-state index in [-0.39, 0.29) is 16.2 Å². The third kappa shape index (κ3) is 5.93. The molecule has 51 heavy (non-hydrogen) atoms. The van der Waals surface area contributed by atoms with Crippen LogP contribution in [0.5, 0.6) is 0 Å². The first-order valence-corrected chi connectivity index (χ1v) is 17.9. The van der Waals surface area contributed by atoms with Crippen LogP contribution in [-0.2, 0) is 16.2 Å². The Kier molecular flexibility index (Phi) is 7.57. The molecule has 0 saturated heterocycles. The Hall–Kier alpha value is -5.48. The second-order valence-corrected chi connectivity index (χ2v) is 16.5. The molecule has 4 heterocycles. The van der Waals surface area contributed by atoms with Gasteiger partial charge in [0.1, 0.15) is 0 Å². The summed E-state index contributed by atoms with van der Waals surface area (Å²) in [5, 5.41) is 4.42. The normalized spacial score (nSPS) is 12.7. The van der Waals surface area contributed by atoms with Crippen molar-refractivity contribution in [2.75, 3.05) is 0 Å². The molecular weight excluding hydrogens is 621 g/mol. The van der Waals surface area contributed by atoms with Crippen LogP contribution in [0.3, 0.4) is 0 Å². The molecular formula is C47H44N4. The quantitative estimate of drug-likeness (QED) is 0.176. The Balaban J connectivity index is 1.09. The van der Waals surface area contributed by atoms with Crippen molar-refractivity contribution in [2.45, 2.75) is 71.6 Å². The molecule has 0 N–H and O–H groups in total. The number of nitrogens with zero attached hydrogens (tertiary/aromatic N) is 4. The molecule has 0 atom stereocenters. The highest BCUT2D eigenvalue weighted by atomic mass is 14.8. The molecule has 252 valence electrons. The lowest BCUT2D eigenvalue weighted by molar-refractivity contribution is 0.571. The van der Waals surface area contributed by atoms with E-state index in [0.29, 0.717) is 0 Å². The van der Waals surface area contributed by atoms with E-state index in [1.807, 2.05) is 0 Å². The molecule has 0 saturated carbocycles. The van der Waals surface area contributed by atoms with Crippen LogP contribution in [0.25, 0.3) is 66.1 Å². The fourth-order valence-corrected chi connectivity index (χ4v) is 6.97. The number of aromatic nitrogens is 4. The molecule has 0 aliphatic rings. The largest absolute Gasteiger partial charge is 0.250 e. The van der Waals surface area contributed by atoms with Gasteiger partial charge in [0.15, 0.2) is 0 Å². The van der Waals surface area contributed by atoms with E-state index in [4.69, 9.17) is 19.9 Å². The number of pyridine rings is 4. The van der Waals surface area contributed by atoms with Crippen LogP contribution in [0.4, 0.5) is 0 Å². The van der Waals surface area contributed by atoms with Gasteiger partial charge in [0, 0.05) is 60.3 Å². The van der Waals surface area contributed by atoms with Gasteiger partial charge in [0.25, 0.3) is 0 Å². The summed E-state index contributed by atoms with van der Waals surface area (Å²) >= 11 is 0. The van der Waals surface area contributed by atoms with Gasteiger partial charge in [0.2, 0.25) is 0 Å². The minimum absolute atomic E-state index is 0.0337. The van der Waals surface area contributed by atoms with Gasteiger partial charge in [-0.25, -0.2) is 19.9 Å². The van der Waals surface area contributed by atoms with E-state index < -0.39 is 0 Å². The molecule has 0 aliphatic carbocycles. The van der Waals surface area contributed by atoms with Gasteiger partial charge in [-0.15, -0.1) is 0 Å². The highest BCUT2D eigenvalue weighted by Crippen LogP contribution is 2.36. The van der Waals surface area contributed by atoms with E-state index in [0.717, 1.165) is 77.5 Å². The maximum Gasteiger partial charge on any atom is 0.0972 e. The van der Waals surface area contributed by atoms with Crippen molar-refractivity contribution in [3.63, 3.8) is 0 Å². The molecule has 0 spiro atoms. The number of rotatable bonds is 4. The van der Waals surface area contributed by atoms with Gasteiger partial charge in [-0.05, 0) is 35.4 Å². The second kappa shape index (κ2) is 11.8. The monoisotopic (exact) mass is 664 g/mol. The Labute approximate surface area is 300 Å². The maximum atomic E-state index is 5.16. The lowest BCUT2D eigenvalue weighted by Crippen LogP contribution is -2.18. The molecule has 4 aromatic heterocycles. The van der Waals surface area contributed by atoms with Gasteiger partial charge >= 0.3 is 0 Å². The highest BCUT2D eigenvalue weighted by Gasteiger charge is 2.24. The first kappa shape index (κ1) is 32.7. The lowest BCUT2D eigenvalue weighted by Gasteiger charge is -2.26. The number of benzene rings is 4. The standard InChI is InChI=1S/C47H44N4/c1-45(2,3)39-27-19-33-11-9-31-17-25-37(48-41(31)43(33)50-39)29-13-21-35(22-14-29)47(7,8)36-23-15-30(16-24-36)38-26-18-32-10-12-34-20-28-40(46(4,5)6)51-44(34)42(32)49-38/h9-28H,1-8H3. The summed E-state index contributed by atoms with van der Waals surface area (Å²) in [6.07, 6.45) is 0. The summed E-state index contributed by atoms with van der Waals surface area (Å²) in [5.41, 5.74) is 12.3. The van der Waals surface area contributed by atoms with Crippen molar-refractivity contribution < 1.29 is 0 Å². The highest BCUT2D eigenvalue weighted by molar-refractivity contribution is 6.04. The summed E-state index contributed by atoms with van der Waals surface area (Å²) in [6.45, 7) is 17.8. The molecule has 0 fully saturated rings. The van der Waals surface area contributed by atoms with Crippen LogP contribution >= 0.6 is 0 Å². The van der Waals surface area contributed by atoms with Crippen molar-refractivity contribution >= 4 is 43.6 Å². The predicted octanol–water partition coefficient (Wildman–Crippen LogP) is 12.1. The molecule has 0 radical (unpaired) electrons. The zero-order chi connectivity index (χ0) is 35.7. The van der Waals surface area contributed by atoms with Crippen LogP contribution in [0, 0.1) is 0 Å². The predicted molar refractivity (Wildman–Crippen MR) is 214 cm³/mol. The molecule has 4 nitrogen and oxygen atoms in total. The van der Waals surface area contributed by atoms with Crippen LogP contribution in [0.1, 0.15) is 77.9 Å². The lowest BCUT2D eigenvalue weighted by atomic mass is 9.77. The number of hydrogen-bond acceptors (Lipinski definition) is 4. The molecule has 8 aromatic rings. The van der Waals surface area contributed by atoms with Crippen molar-refractivity contribution in [1.82, 2.24) is 19.9 Å². The second-order valence-electron chi connectivity index (χ2n) is 16.5. The third-order valence-electron chi connectivity index (χ3n) is 10.4. The summed E-state index contributed by atoms with van der Waals surface area (Å²) in [4.78, 5) is 20.5. The van der Waals surface area contributed by atoms with E-state index in [2.05, 4.69) is 177 Å². The van der Waals surface area contributed by atoms with E-state index >= 15 is 0 Å². The Bertz CT molecular complexity index is 2420. The van der Waals surface area contributed by atoms with Gasteiger partial charge in [-0.1, -0.05) is 152 Å².